The third kappa shape index (κ3) is 5.76. The summed E-state index contributed by atoms with van der Waals surface area (Å²) in [5.41, 5.74) is 10.4. The van der Waals surface area contributed by atoms with Crippen LogP contribution in [0.15, 0.2) is 0 Å². The molecule has 0 aliphatic carbocycles. The molecular formula is C8H18N2O2S. The fourth-order valence-corrected chi connectivity index (χ4v) is 2.44. The second-order valence-electron chi connectivity index (χ2n) is 3.42. The Labute approximate surface area is 81.5 Å². The third-order valence-corrected chi connectivity index (χ3v) is 3.61. The van der Waals surface area contributed by atoms with Crippen LogP contribution in [0.3, 0.4) is 0 Å². The maximum atomic E-state index is 11.4. The Morgan fingerprint density at radius 3 is 2.31 bits per heavy atom. The van der Waals surface area contributed by atoms with Crippen LogP contribution in [0.5, 0.6) is 0 Å². The molecule has 0 heterocycles. The van der Waals surface area contributed by atoms with Gasteiger partial charge in [0.15, 0.2) is 0 Å². The highest BCUT2D eigenvalue weighted by Gasteiger charge is 2.14. The van der Waals surface area contributed by atoms with Crippen molar-refractivity contribution in [3.8, 4) is 0 Å². The summed E-state index contributed by atoms with van der Waals surface area (Å²) in [5, 5.41) is 0. The first kappa shape index (κ1) is 12.6. The van der Waals surface area contributed by atoms with Gasteiger partial charge in [0, 0.05) is 28.2 Å². The van der Waals surface area contributed by atoms with Crippen LogP contribution in [-0.2, 0) is 15.6 Å². The van der Waals surface area contributed by atoms with Crippen LogP contribution in [0.1, 0.15) is 13.8 Å². The van der Waals surface area contributed by atoms with Crippen molar-refractivity contribution in [2.45, 2.75) is 13.8 Å². The summed E-state index contributed by atoms with van der Waals surface area (Å²) < 4.78 is 11.4. The molecule has 0 saturated carbocycles. The number of carbonyl (C=O) groups excluding carboxylic acids is 1. The van der Waals surface area contributed by atoms with Gasteiger partial charge in [0.25, 0.3) is 0 Å². The molecule has 3 atom stereocenters. The zero-order valence-electron chi connectivity index (χ0n) is 8.16. The second kappa shape index (κ2) is 6.10. The number of hydrogen-bond acceptors (Lipinski definition) is 3. The standard InChI is InChI=1S/C8H18N2O2S/c1-6(3-9)4-13(12)5-7(2)8(10)11/h6-7H,3-5,9H2,1-2H3,(H2,10,11). The molecular weight excluding hydrogens is 188 g/mol. The van der Waals surface area contributed by atoms with Gasteiger partial charge in [-0.05, 0) is 12.5 Å². The maximum Gasteiger partial charge on any atom is 0.221 e. The molecule has 0 saturated heterocycles. The first-order valence-electron chi connectivity index (χ1n) is 4.31. The van der Waals surface area contributed by atoms with Crippen molar-refractivity contribution in [1.82, 2.24) is 0 Å². The highest BCUT2D eigenvalue weighted by atomic mass is 32.2. The normalized spacial score (nSPS) is 17.8. The quantitative estimate of drug-likeness (QED) is 0.611. The fraction of sp³-hybridized carbons (Fsp3) is 0.875. The van der Waals surface area contributed by atoms with E-state index < -0.39 is 16.7 Å². The summed E-state index contributed by atoms with van der Waals surface area (Å²) in [6.45, 7) is 4.15. The number of hydrogen-bond donors (Lipinski definition) is 2. The van der Waals surface area contributed by atoms with Gasteiger partial charge in [-0.3, -0.25) is 9.00 Å². The highest BCUT2D eigenvalue weighted by Crippen LogP contribution is 2.01. The van der Waals surface area contributed by atoms with Gasteiger partial charge in [0.1, 0.15) is 0 Å². The van der Waals surface area contributed by atoms with Crippen molar-refractivity contribution >= 4 is 16.7 Å². The Morgan fingerprint density at radius 2 is 1.92 bits per heavy atom. The van der Waals surface area contributed by atoms with E-state index >= 15 is 0 Å². The third-order valence-electron chi connectivity index (χ3n) is 1.79. The molecule has 0 fully saturated rings. The average Bonchev–Trinajstić information content (AvgIpc) is 2.03. The van der Waals surface area contributed by atoms with E-state index in [9.17, 15) is 9.00 Å². The minimum Gasteiger partial charge on any atom is -0.369 e. The van der Waals surface area contributed by atoms with Crippen molar-refractivity contribution in [3.63, 3.8) is 0 Å². The monoisotopic (exact) mass is 206 g/mol. The fourth-order valence-electron chi connectivity index (χ4n) is 0.814. The lowest BCUT2D eigenvalue weighted by atomic mass is 10.2. The molecule has 0 radical (unpaired) electrons. The van der Waals surface area contributed by atoms with Crippen LogP contribution in [0.2, 0.25) is 0 Å². The van der Waals surface area contributed by atoms with E-state index in [0.717, 1.165) is 0 Å². The molecule has 4 N–H and O–H groups in total. The molecule has 0 aromatic heterocycles. The van der Waals surface area contributed by atoms with Gasteiger partial charge in [0.2, 0.25) is 5.91 Å². The molecule has 0 aromatic carbocycles. The topological polar surface area (TPSA) is 86.2 Å². The van der Waals surface area contributed by atoms with Crippen LogP contribution >= 0.6 is 0 Å². The van der Waals surface area contributed by atoms with Gasteiger partial charge in [-0.25, -0.2) is 0 Å². The number of carbonyl (C=O) groups is 1. The van der Waals surface area contributed by atoms with E-state index in [1.807, 2.05) is 6.92 Å². The van der Waals surface area contributed by atoms with E-state index in [2.05, 4.69) is 0 Å². The lowest BCUT2D eigenvalue weighted by Gasteiger charge is -2.10. The van der Waals surface area contributed by atoms with Crippen molar-refractivity contribution in [1.29, 1.82) is 0 Å². The summed E-state index contributed by atoms with van der Waals surface area (Å²) in [7, 11) is -0.981. The number of primary amides is 1. The van der Waals surface area contributed by atoms with Crippen molar-refractivity contribution in [2.24, 2.45) is 23.3 Å². The molecule has 0 spiro atoms. The van der Waals surface area contributed by atoms with Crippen LogP contribution in [0.4, 0.5) is 0 Å². The molecule has 5 heteroatoms. The molecule has 3 unspecified atom stereocenters. The Hall–Kier alpha value is -0.420. The highest BCUT2D eigenvalue weighted by molar-refractivity contribution is 7.85. The number of nitrogens with two attached hydrogens (primary N) is 2. The van der Waals surface area contributed by atoms with E-state index in [4.69, 9.17) is 11.5 Å². The van der Waals surface area contributed by atoms with Crippen LogP contribution in [0, 0.1) is 11.8 Å². The molecule has 0 aliphatic heterocycles. The van der Waals surface area contributed by atoms with Crippen molar-refractivity contribution in [2.75, 3.05) is 18.1 Å². The summed E-state index contributed by atoms with van der Waals surface area (Å²) in [4.78, 5) is 10.7. The molecule has 13 heavy (non-hydrogen) atoms. The molecule has 1 amide bonds. The minimum absolute atomic E-state index is 0.237. The molecule has 0 rings (SSSR count). The van der Waals surface area contributed by atoms with E-state index in [-0.39, 0.29) is 11.8 Å². The van der Waals surface area contributed by atoms with Crippen molar-refractivity contribution < 1.29 is 9.00 Å². The Morgan fingerprint density at radius 1 is 1.38 bits per heavy atom. The predicted molar refractivity (Wildman–Crippen MR) is 54.5 cm³/mol. The average molecular weight is 206 g/mol. The second-order valence-corrected chi connectivity index (χ2v) is 4.96. The number of amides is 1. The SMILES string of the molecule is CC(CN)CS(=O)CC(C)C(N)=O. The predicted octanol–water partition coefficient (Wildman–Crippen LogP) is -0.549. The summed E-state index contributed by atoms with van der Waals surface area (Å²) >= 11 is 0. The summed E-state index contributed by atoms with van der Waals surface area (Å²) in [6, 6.07) is 0. The summed E-state index contributed by atoms with van der Waals surface area (Å²) in [6.07, 6.45) is 0. The van der Waals surface area contributed by atoms with Crippen molar-refractivity contribution in [3.05, 3.63) is 0 Å². The zero-order valence-corrected chi connectivity index (χ0v) is 8.97. The van der Waals surface area contributed by atoms with E-state index in [1.165, 1.54) is 0 Å². The molecule has 0 aliphatic rings. The Kier molecular flexibility index (Phi) is 5.90. The first-order valence-corrected chi connectivity index (χ1v) is 5.80. The smallest absolute Gasteiger partial charge is 0.221 e. The Balaban J connectivity index is 3.81. The molecule has 0 aromatic rings. The zero-order chi connectivity index (χ0) is 10.4. The lowest BCUT2D eigenvalue weighted by Crippen LogP contribution is -2.28. The largest absolute Gasteiger partial charge is 0.369 e. The van der Waals surface area contributed by atoms with E-state index in [1.54, 1.807) is 6.92 Å². The minimum atomic E-state index is -0.981. The van der Waals surface area contributed by atoms with Gasteiger partial charge in [-0.2, -0.15) is 0 Å². The van der Waals surface area contributed by atoms with Gasteiger partial charge < -0.3 is 11.5 Å². The number of rotatable bonds is 6. The Bertz CT molecular complexity index is 197. The van der Waals surface area contributed by atoms with Gasteiger partial charge >= 0.3 is 0 Å². The van der Waals surface area contributed by atoms with Gasteiger partial charge in [-0.1, -0.05) is 13.8 Å². The first-order chi connectivity index (χ1) is 5.97. The maximum absolute atomic E-state index is 11.4. The molecule has 0 bridgehead atoms. The van der Waals surface area contributed by atoms with Gasteiger partial charge in [0.05, 0.1) is 0 Å². The lowest BCUT2D eigenvalue weighted by molar-refractivity contribution is -0.120. The van der Waals surface area contributed by atoms with E-state index in [0.29, 0.717) is 18.1 Å². The molecule has 78 valence electrons. The van der Waals surface area contributed by atoms with Gasteiger partial charge in [-0.15, -0.1) is 0 Å². The molecule has 4 nitrogen and oxygen atoms in total. The van der Waals surface area contributed by atoms with Crippen LogP contribution in [-0.4, -0.2) is 28.2 Å². The van der Waals surface area contributed by atoms with Crippen LogP contribution in [0.25, 0.3) is 0 Å². The summed E-state index contributed by atoms with van der Waals surface area (Å²) in [5.74, 6) is 0.425. The van der Waals surface area contributed by atoms with Crippen LogP contribution < -0.4 is 11.5 Å².